The number of nitrogens with zero attached hydrogens (tertiary/aromatic N) is 1. The summed E-state index contributed by atoms with van der Waals surface area (Å²) in [5.74, 6) is -0.134. The molecule has 0 saturated carbocycles. The molecule has 2 heterocycles. The van der Waals surface area contributed by atoms with Gasteiger partial charge in [0.1, 0.15) is 0 Å². The molecule has 1 aliphatic rings. The number of amides is 1. The van der Waals surface area contributed by atoms with Crippen LogP contribution in [0.5, 0.6) is 0 Å². The van der Waals surface area contributed by atoms with Crippen molar-refractivity contribution in [2.24, 2.45) is 0 Å². The molecular formula is C12H16ClN3O. The molecule has 0 aliphatic carbocycles. The third-order valence-corrected chi connectivity index (χ3v) is 3.24. The second kappa shape index (κ2) is 5.98. The number of carbonyl (C=O) groups is 1. The number of piperidine rings is 1. The minimum Gasteiger partial charge on any atom is -0.350 e. The maximum atomic E-state index is 11.9. The first-order chi connectivity index (χ1) is 8.27. The number of nitrogens with one attached hydrogen (secondary N) is 2. The molecule has 1 amide bonds. The zero-order valence-corrected chi connectivity index (χ0v) is 10.3. The molecule has 92 valence electrons. The number of halogens is 1. The Morgan fingerprint density at radius 1 is 1.59 bits per heavy atom. The van der Waals surface area contributed by atoms with Crippen molar-refractivity contribution in [3.05, 3.63) is 29.0 Å². The van der Waals surface area contributed by atoms with Gasteiger partial charge in [-0.05, 0) is 25.5 Å². The Kier molecular flexibility index (Phi) is 4.34. The van der Waals surface area contributed by atoms with Crippen molar-refractivity contribution in [3.63, 3.8) is 0 Å². The average molecular weight is 254 g/mol. The highest BCUT2D eigenvalue weighted by Crippen LogP contribution is 2.13. The van der Waals surface area contributed by atoms with Crippen molar-refractivity contribution in [2.45, 2.75) is 25.3 Å². The Bertz CT molecular complexity index is 391. The predicted octanol–water partition coefficient (Wildman–Crippen LogP) is 1.61. The molecule has 1 unspecified atom stereocenters. The molecule has 0 aromatic carbocycles. The molecule has 0 spiro atoms. The quantitative estimate of drug-likeness (QED) is 0.861. The van der Waals surface area contributed by atoms with Crippen molar-refractivity contribution in [1.82, 2.24) is 15.6 Å². The molecule has 1 fully saturated rings. The summed E-state index contributed by atoms with van der Waals surface area (Å²) in [4.78, 5) is 15.7. The Hall–Kier alpha value is -1.13. The molecule has 0 bridgehead atoms. The summed E-state index contributed by atoms with van der Waals surface area (Å²) in [6, 6.07) is 2.01. The van der Waals surface area contributed by atoms with Crippen molar-refractivity contribution in [3.8, 4) is 0 Å². The number of pyridine rings is 1. The predicted molar refractivity (Wildman–Crippen MR) is 67.2 cm³/mol. The van der Waals surface area contributed by atoms with Gasteiger partial charge in [-0.25, -0.2) is 0 Å². The van der Waals surface area contributed by atoms with Crippen molar-refractivity contribution < 1.29 is 4.79 Å². The first-order valence-electron chi connectivity index (χ1n) is 5.88. The summed E-state index contributed by atoms with van der Waals surface area (Å²) in [7, 11) is 0. The Balaban J connectivity index is 1.87. The second-order valence-electron chi connectivity index (χ2n) is 4.21. The standard InChI is InChI=1S/C12H16ClN3O/c13-11-8-14-6-4-10(11)12(17)16-7-9-3-1-2-5-15-9/h4,6,8-9,15H,1-3,5,7H2,(H,16,17). The number of aromatic nitrogens is 1. The fraction of sp³-hybridized carbons (Fsp3) is 0.500. The van der Waals surface area contributed by atoms with E-state index < -0.39 is 0 Å². The Morgan fingerprint density at radius 3 is 3.18 bits per heavy atom. The highest BCUT2D eigenvalue weighted by atomic mass is 35.5. The molecule has 4 nitrogen and oxygen atoms in total. The molecule has 2 N–H and O–H groups in total. The zero-order valence-electron chi connectivity index (χ0n) is 9.58. The van der Waals surface area contributed by atoms with Crippen molar-refractivity contribution in [2.75, 3.05) is 13.1 Å². The first-order valence-corrected chi connectivity index (χ1v) is 6.26. The van der Waals surface area contributed by atoms with Gasteiger partial charge in [-0.1, -0.05) is 18.0 Å². The third kappa shape index (κ3) is 3.41. The summed E-state index contributed by atoms with van der Waals surface area (Å²) in [6.45, 7) is 1.69. The molecular weight excluding hydrogens is 238 g/mol. The summed E-state index contributed by atoms with van der Waals surface area (Å²) in [5, 5.41) is 6.67. The largest absolute Gasteiger partial charge is 0.350 e. The van der Waals surface area contributed by atoms with Gasteiger partial charge in [-0.2, -0.15) is 0 Å². The van der Waals surface area contributed by atoms with Crippen LogP contribution in [0.3, 0.4) is 0 Å². The molecule has 1 atom stereocenters. The van der Waals surface area contributed by atoms with Crippen LogP contribution in [-0.4, -0.2) is 30.0 Å². The van der Waals surface area contributed by atoms with Crippen LogP contribution in [0.25, 0.3) is 0 Å². The van der Waals surface area contributed by atoms with Crippen LogP contribution in [-0.2, 0) is 0 Å². The lowest BCUT2D eigenvalue weighted by atomic mass is 10.1. The summed E-state index contributed by atoms with van der Waals surface area (Å²) >= 11 is 5.90. The molecule has 1 aromatic rings. The molecule has 1 aliphatic heterocycles. The van der Waals surface area contributed by atoms with Gasteiger partial charge in [0.05, 0.1) is 10.6 Å². The zero-order chi connectivity index (χ0) is 12.1. The smallest absolute Gasteiger partial charge is 0.252 e. The van der Waals surface area contributed by atoms with E-state index in [9.17, 15) is 4.79 Å². The number of hydrogen-bond donors (Lipinski definition) is 2. The van der Waals surface area contributed by atoms with E-state index in [1.165, 1.54) is 19.0 Å². The van der Waals surface area contributed by atoms with Gasteiger partial charge in [-0.3, -0.25) is 9.78 Å². The Labute approximate surface area is 106 Å². The van der Waals surface area contributed by atoms with Crippen LogP contribution in [0.15, 0.2) is 18.5 Å². The summed E-state index contributed by atoms with van der Waals surface area (Å²) in [6.07, 6.45) is 6.61. The SMILES string of the molecule is O=C(NCC1CCCCN1)c1ccncc1Cl. The van der Waals surface area contributed by atoms with Gasteiger partial charge in [0, 0.05) is 25.0 Å². The van der Waals surface area contributed by atoms with E-state index in [2.05, 4.69) is 15.6 Å². The van der Waals surface area contributed by atoms with Crippen LogP contribution in [0.2, 0.25) is 5.02 Å². The van der Waals surface area contributed by atoms with E-state index in [1.807, 2.05) is 0 Å². The first kappa shape index (κ1) is 12.3. The Morgan fingerprint density at radius 2 is 2.47 bits per heavy atom. The van der Waals surface area contributed by atoms with Gasteiger partial charge in [0.15, 0.2) is 0 Å². The van der Waals surface area contributed by atoms with Crippen LogP contribution in [0.4, 0.5) is 0 Å². The molecule has 17 heavy (non-hydrogen) atoms. The maximum absolute atomic E-state index is 11.9. The van der Waals surface area contributed by atoms with E-state index in [-0.39, 0.29) is 5.91 Å². The normalized spacial score (nSPS) is 19.9. The van der Waals surface area contributed by atoms with E-state index in [0.29, 0.717) is 23.2 Å². The fourth-order valence-corrected chi connectivity index (χ4v) is 2.17. The molecule has 0 radical (unpaired) electrons. The van der Waals surface area contributed by atoms with Gasteiger partial charge < -0.3 is 10.6 Å². The number of rotatable bonds is 3. The van der Waals surface area contributed by atoms with Gasteiger partial charge in [0.2, 0.25) is 0 Å². The average Bonchev–Trinajstić information content (AvgIpc) is 2.38. The van der Waals surface area contributed by atoms with Crippen LogP contribution < -0.4 is 10.6 Å². The number of hydrogen-bond acceptors (Lipinski definition) is 3. The van der Waals surface area contributed by atoms with Crippen LogP contribution in [0.1, 0.15) is 29.6 Å². The highest BCUT2D eigenvalue weighted by Gasteiger charge is 2.15. The van der Waals surface area contributed by atoms with E-state index in [1.54, 1.807) is 12.3 Å². The molecule has 5 heteroatoms. The fourth-order valence-electron chi connectivity index (χ4n) is 1.97. The van der Waals surface area contributed by atoms with E-state index in [4.69, 9.17) is 11.6 Å². The van der Waals surface area contributed by atoms with Crippen LogP contribution in [0, 0.1) is 0 Å². The minimum absolute atomic E-state index is 0.134. The molecule has 2 rings (SSSR count). The van der Waals surface area contributed by atoms with Gasteiger partial charge >= 0.3 is 0 Å². The van der Waals surface area contributed by atoms with Crippen LogP contribution >= 0.6 is 11.6 Å². The second-order valence-corrected chi connectivity index (χ2v) is 4.62. The molecule has 1 saturated heterocycles. The highest BCUT2D eigenvalue weighted by molar-refractivity contribution is 6.33. The number of carbonyl (C=O) groups excluding carboxylic acids is 1. The maximum Gasteiger partial charge on any atom is 0.252 e. The molecule has 1 aromatic heterocycles. The topological polar surface area (TPSA) is 54.0 Å². The van der Waals surface area contributed by atoms with Gasteiger partial charge in [0.25, 0.3) is 5.91 Å². The summed E-state index contributed by atoms with van der Waals surface area (Å²) in [5.41, 5.74) is 0.484. The lowest BCUT2D eigenvalue weighted by Crippen LogP contribution is -2.43. The lowest BCUT2D eigenvalue weighted by molar-refractivity contribution is 0.0948. The van der Waals surface area contributed by atoms with Crippen molar-refractivity contribution >= 4 is 17.5 Å². The minimum atomic E-state index is -0.134. The van der Waals surface area contributed by atoms with E-state index in [0.717, 1.165) is 13.0 Å². The summed E-state index contributed by atoms with van der Waals surface area (Å²) < 4.78 is 0. The lowest BCUT2D eigenvalue weighted by Gasteiger charge is -2.23. The van der Waals surface area contributed by atoms with E-state index >= 15 is 0 Å². The monoisotopic (exact) mass is 253 g/mol. The van der Waals surface area contributed by atoms with Gasteiger partial charge in [-0.15, -0.1) is 0 Å². The van der Waals surface area contributed by atoms with Crippen molar-refractivity contribution in [1.29, 1.82) is 0 Å². The third-order valence-electron chi connectivity index (χ3n) is 2.94.